The number of hydrogen-bond acceptors (Lipinski definition) is 6. The third-order valence-electron chi connectivity index (χ3n) is 2.65. The van der Waals surface area contributed by atoms with Gasteiger partial charge in [0.15, 0.2) is 0 Å². The highest BCUT2D eigenvalue weighted by atomic mass is 33.1. The molecule has 0 saturated carbocycles. The number of esters is 2. The predicted octanol–water partition coefficient (Wildman–Crippen LogP) is 2.61. The number of ether oxygens (including phenoxy) is 2. The van der Waals surface area contributed by atoms with Crippen LogP contribution in [-0.2, 0) is 19.1 Å². The van der Waals surface area contributed by atoms with Crippen LogP contribution in [0, 0.1) is 5.92 Å². The number of allylic oxidation sites excluding steroid dienone is 6. The van der Waals surface area contributed by atoms with Gasteiger partial charge in [-0.2, -0.15) is 0 Å². The average Bonchev–Trinajstić information content (AvgIpc) is 2.69. The molecule has 0 aromatic rings. The van der Waals surface area contributed by atoms with Gasteiger partial charge < -0.3 is 9.47 Å². The van der Waals surface area contributed by atoms with Gasteiger partial charge in [-0.3, -0.25) is 0 Å². The summed E-state index contributed by atoms with van der Waals surface area (Å²) in [6.07, 6.45) is 9.43. The first-order chi connectivity index (χ1) is 9.19. The van der Waals surface area contributed by atoms with E-state index < -0.39 is 11.9 Å². The molecule has 0 amide bonds. The van der Waals surface area contributed by atoms with E-state index in [1.807, 2.05) is 30.4 Å². The Morgan fingerprint density at radius 2 is 1.79 bits per heavy atom. The molecule has 1 aliphatic heterocycles. The van der Waals surface area contributed by atoms with E-state index in [0.29, 0.717) is 10.5 Å². The van der Waals surface area contributed by atoms with Crippen molar-refractivity contribution in [3.8, 4) is 0 Å². The first-order valence-corrected chi connectivity index (χ1v) is 7.64. The Kier molecular flexibility index (Phi) is 4.55. The first-order valence-electron chi connectivity index (χ1n) is 5.49. The summed E-state index contributed by atoms with van der Waals surface area (Å²) in [4.78, 5) is 25.0. The monoisotopic (exact) mass is 296 g/mol. The van der Waals surface area contributed by atoms with E-state index in [1.54, 1.807) is 0 Å². The minimum Gasteiger partial charge on any atom is -0.466 e. The molecular formula is C13H12O4S2. The molecule has 1 aliphatic carbocycles. The fourth-order valence-corrected chi connectivity index (χ4v) is 4.30. The fourth-order valence-electron chi connectivity index (χ4n) is 1.75. The molecule has 1 heterocycles. The lowest BCUT2D eigenvalue weighted by atomic mass is 9.97. The molecule has 0 aromatic heterocycles. The van der Waals surface area contributed by atoms with Crippen LogP contribution in [0.5, 0.6) is 0 Å². The highest BCUT2D eigenvalue weighted by Crippen LogP contribution is 2.50. The topological polar surface area (TPSA) is 52.6 Å². The zero-order valence-corrected chi connectivity index (χ0v) is 12.0. The average molecular weight is 296 g/mol. The Morgan fingerprint density at radius 3 is 2.47 bits per heavy atom. The van der Waals surface area contributed by atoms with Crippen molar-refractivity contribution in [1.29, 1.82) is 0 Å². The van der Waals surface area contributed by atoms with Gasteiger partial charge >= 0.3 is 11.9 Å². The Morgan fingerprint density at radius 1 is 1.05 bits per heavy atom. The van der Waals surface area contributed by atoms with Crippen molar-refractivity contribution in [3.05, 3.63) is 45.8 Å². The molecule has 4 nitrogen and oxygen atoms in total. The van der Waals surface area contributed by atoms with E-state index in [4.69, 9.17) is 9.47 Å². The SMILES string of the molecule is COC(=O)C1=C(C(=O)OC)C2C=CC=CC=C2SS1. The predicted molar refractivity (Wildman–Crippen MR) is 76.1 cm³/mol. The molecule has 1 unspecified atom stereocenters. The lowest BCUT2D eigenvalue weighted by molar-refractivity contribution is -0.139. The summed E-state index contributed by atoms with van der Waals surface area (Å²) in [6, 6.07) is 0. The minimum atomic E-state index is -0.512. The molecule has 0 saturated heterocycles. The third-order valence-corrected chi connectivity index (χ3v) is 5.19. The number of hydrogen-bond donors (Lipinski definition) is 0. The number of fused-ring (bicyclic) bond motifs is 1. The lowest BCUT2D eigenvalue weighted by Gasteiger charge is -2.24. The van der Waals surface area contributed by atoms with E-state index in [0.717, 1.165) is 4.91 Å². The van der Waals surface area contributed by atoms with Crippen LogP contribution in [0.25, 0.3) is 0 Å². The van der Waals surface area contributed by atoms with E-state index in [-0.39, 0.29) is 5.92 Å². The van der Waals surface area contributed by atoms with Crippen molar-refractivity contribution in [2.75, 3.05) is 14.2 Å². The second kappa shape index (κ2) is 6.16. The molecule has 0 bridgehead atoms. The van der Waals surface area contributed by atoms with Crippen molar-refractivity contribution in [3.63, 3.8) is 0 Å². The van der Waals surface area contributed by atoms with Gasteiger partial charge in [0.1, 0.15) is 4.91 Å². The van der Waals surface area contributed by atoms with Crippen LogP contribution < -0.4 is 0 Å². The standard InChI is InChI=1S/C13H12O4S2/c1-16-12(14)10-8-6-4-3-5-7-9(8)18-19-11(10)13(15)17-2/h3-8H,1-2H3. The highest BCUT2D eigenvalue weighted by molar-refractivity contribution is 8.79. The first kappa shape index (κ1) is 14.0. The molecule has 2 aliphatic rings. The fraction of sp³-hybridized carbons (Fsp3) is 0.231. The second-order valence-corrected chi connectivity index (χ2v) is 5.92. The van der Waals surface area contributed by atoms with E-state index in [1.165, 1.54) is 35.8 Å². The zero-order chi connectivity index (χ0) is 13.8. The normalized spacial score (nSPS) is 21.4. The molecule has 1 atom stereocenters. The number of carbonyl (C=O) groups excluding carboxylic acids is 2. The highest BCUT2D eigenvalue weighted by Gasteiger charge is 2.35. The molecule has 0 spiro atoms. The summed E-state index contributed by atoms with van der Waals surface area (Å²) in [7, 11) is 5.28. The van der Waals surface area contributed by atoms with Gasteiger partial charge in [0.25, 0.3) is 0 Å². The van der Waals surface area contributed by atoms with Gasteiger partial charge in [0.05, 0.1) is 19.8 Å². The summed E-state index contributed by atoms with van der Waals surface area (Å²) in [5, 5.41) is 0. The molecule has 0 N–H and O–H groups in total. The van der Waals surface area contributed by atoms with E-state index in [2.05, 4.69) is 0 Å². The Hall–Kier alpha value is -1.40. The maximum absolute atomic E-state index is 12.0. The summed E-state index contributed by atoms with van der Waals surface area (Å²) < 4.78 is 9.52. The van der Waals surface area contributed by atoms with E-state index in [9.17, 15) is 9.59 Å². The molecule has 2 rings (SSSR count). The van der Waals surface area contributed by atoms with Crippen LogP contribution in [0.2, 0.25) is 0 Å². The molecule has 0 radical (unpaired) electrons. The van der Waals surface area contributed by atoms with Crippen LogP contribution in [-0.4, -0.2) is 26.2 Å². The van der Waals surface area contributed by atoms with Crippen LogP contribution in [0.4, 0.5) is 0 Å². The number of carbonyl (C=O) groups is 2. The van der Waals surface area contributed by atoms with Crippen LogP contribution in [0.15, 0.2) is 45.8 Å². The maximum Gasteiger partial charge on any atom is 0.345 e. The van der Waals surface area contributed by atoms with Crippen molar-refractivity contribution >= 4 is 33.5 Å². The van der Waals surface area contributed by atoms with Crippen molar-refractivity contribution in [2.45, 2.75) is 0 Å². The number of rotatable bonds is 2. The van der Waals surface area contributed by atoms with Crippen LogP contribution in [0.1, 0.15) is 0 Å². The Labute approximate surface area is 119 Å². The summed E-state index contributed by atoms with van der Waals surface area (Å²) in [6.45, 7) is 0. The largest absolute Gasteiger partial charge is 0.466 e. The quantitative estimate of drug-likeness (QED) is 0.577. The van der Waals surface area contributed by atoms with Gasteiger partial charge in [-0.25, -0.2) is 9.59 Å². The maximum atomic E-state index is 12.0. The molecule has 100 valence electrons. The Bertz CT molecular complexity index is 529. The van der Waals surface area contributed by atoms with E-state index >= 15 is 0 Å². The number of methoxy groups -OCH3 is 2. The van der Waals surface area contributed by atoms with Crippen molar-refractivity contribution in [1.82, 2.24) is 0 Å². The second-order valence-electron chi connectivity index (χ2n) is 3.71. The Balaban J connectivity index is 2.53. The van der Waals surface area contributed by atoms with Gasteiger partial charge in [-0.15, -0.1) is 0 Å². The van der Waals surface area contributed by atoms with Gasteiger partial charge in [0.2, 0.25) is 0 Å². The third kappa shape index (κ3) is 2.79. The molecule has 0 fully saturated rings. The van der Waals surface area contributed by atoms with Gasteiger partial charge in [-0.1, -0.05) is 41.2 Å². The molecule has 0 aromatic carbocycles. The van der Waals surface area contributed by atoms with Crippen molar-refractivity contribution < 1.29 is 19.1 Å². The van der Waals surface area contributed by atoms with Gasteiger partial charge in [-0.05, 0) is 10.8 Å². The molecular weight excluding hydrogens is 284 g/mol. The summed E-state index contributed by atoms with van der Waals surface area (Å²) >= 11 is 0. The molecule has 19 heavy (non-hydrogen) atoms. The molecule has 6 heteroatoms. The van der Waals surface area contributed by atoms with Crippen LogP contribution in [0.3, 0.4) is 0 Å². The van der Waals surface area contributed by atoms with Crippen LogP contribution >= 0.6 is 21.6 Å². The van der Waals surface area contributed by atoms with Gasteiger partial charge in [0, 0.05) is 10.8 Å². The summed E-state index contributed by atoms with van der Waals surface area (Å²) in [5.74, 6) is -1.28. The zero-order valence-electron chi connectivity index (χ0n) is 10.4. The smallest absolute Gasteiger partial charge is 0.345 e. The van der Waals surface area contributed by atoms with Crippen molar-refractivity contribution in [2.24, 2.45) is 5.92 Å². The summed E-state index contributed by atoms with van der Waals surface area (Å²) in [5.41, 5.74) is 0.337. The lowest BCUT2D eigenvalue weighted by Crippen LogP contribution is -2.21. The minimum absolute atomic E-state index is 0.261.